The third kappa shape index (κ3) is 5.40. The molecule has 0 aromatic rings. The molecule has 8 heteroatoms. The molecule has 0 saturated carbocycles. The second-order valence-electron chi connectivity index (χ2n) is 3.38. The van der Waals surface area contributed by atoms with E-state index in [4.69, 9.17) is 10.2 Å². The number of nitrogens with zero attached hydrogens (tertiary/aromatic N) is 1. The maximum atomic E-state index is 11.6. The van der Waals surface area contributed by atoms with Crippen LogP contribution in [0.25, 0.3) is 0 Å². The maximum absolute atomic E-state index is 11.6. The number of hydrogen-bond donors (Lipinski definition) is 3. The summed E-state index contributed by atoms with van der Waals surface area (Å²) in [4.78, 5) is 10.3. The highest BCUT2D eigenvalue weighted by atomic mass is 32.2. The van der Waals surface area contributed by atoms with Gasteiger partial charge in [0, 0.05) is 19.6 Å². The number of aliphatic hydroxyl groups excluding tert-OH is 1. The molecule has 3 N–H and O–H groups in total. The molecule has 0 rings (SSSR count). The number of aliphatic hydroxyl groups is 1. The van der Waals surface area contributed by atoms with Gasteiger partial charge in [-0.25, -0.2) is 0 Å². The Morgan fingerprint density at radius 2 is 2.06 bits per heavy atom. The number of carboxylic acid groups (broad SMARTS) is 1. The highest BCUT2D eigenvalue weighted by molar-refractivity contribution is 7.87. The third-order valence-corrected chi connectivity index (χ3v) is 3.71. The summed E-state index contributed by atoms with van der Waals surface area (Å²) in [6.07, 6.45) is 0.204. The fourth-order valence-corrected chi connectivity index (χ4v) is 2.10. The van der Waals surface area contributed by atoms with Crippen molar-refractivity contribution < 1.29 is 23.4 Å². The van der Waals surface area contributed by atoms with Crippen molar-refractivity contribution in [3.8, 4) is 0 Å². The van der Waals surface area contributed by atoms with Crippen molar-refractivity contribution in [2.75, 3.05) is 20.2 Å². The Kier molecular flexibility index (Phi) is 6.49. The van der Waals surface area contributed by atoms with Gasteiger partial charge >= 0.3 is 5.97 Å². The molecule has 0 amide bonds. The van der Waals surface area contributed by atoms with Crippen LogP contribution in [-0.2, 0) is 15.0 Å². The van der Waals surface area contributed by atoms with Gasteiger partial charge in [0.25, 0.3) is 10.2 Å². The number of nitrogens with one attached hydrogen (secondary N) is 1. The molecule has 0 saturated heterocycles. The Labute approximate surface area is 95.2 Å². The Morgan fingerprint density at radius 3 is 2.44 bits per heavy atom. The molecule has 0 aromatic heterocycles. The zero-order chi connectivity index (χ0) is 12.8. The minimum absolute atomic E-state index is 0.105. The molecule has 96 valence electrons. The average molecular weight is 254 g/mol. The van der Waals surface area contributed by atoms with E-state index in [9.17, 15) is 13.2 Å². The SMILES string of the molecule is CCC(CO)NS(=O)(=O)N(C)CCC(=O)O. The second-order valence-corrected chi connectivity index (χ2v) is 5.19. The summed E-state index contributed by atoms with van der Waals surface area (Å²) < 4.78 is 26.4. The van der Waals surface area contributed by atoms with Gasteiger partial charge in [-0.15, -0.1) is 0 Å². The molecule has 7 nitrogen and oxygen atoms in total. The van der Waals surface area contributed by atoms with Crippen LogP contribution in [0.1, 0.15) is 19.8 Å². The minimum Gasteiger partial charge on any atom is -0.481 e. The van der Waals surface area contributed by atoms with Gasteiger partial charge in [-0.1, -0.05) is 6.92 Å². The van der Waals surface area contributed by atoms with Crippen LogP contribution in [0.2, 0.25) is 0 Å². The number of carboxylic acids is 1. The molecule has 0 aliphatic carbocycles. The van der Waals surface area contributed by atoms with E-state index in [0.717, 1.165) is 4.31 Å². The van der Waals surface area contributed by atoms with E-state index in [0.29, 0.717) is 6.42 Å². The smallest absolute Gasteiger partial charge is 0.304 e. The first-order chi connectivity index (χ1) is 7.33. The maximum Gasteiger partial charge on any atom is 0.304 e. The molecule has 0 bridgehead atoms. The van der Waals surface area contributed by atoms with E-state index in [-0.39, 0.29) is 19.6 Å². The van der Waals surface area contributed by atoms with Crippen LogP contribution >= 0.6 is 0 Å². The fourth-order valence-electron chi connectivity index (χ4n) is 0.924. The number of carbonyl (C=O) groups is 1. The number of hydrogen-bond acceptors (Lipinski definition) is 4. The van der Waals surface area contributed by atoms with Gasteiger partial charge in [-0.3, -0.25) is 4.79 Å². The number of aliphatic carboxylic acids is 1. The predicted octanol–water partition coefficient (Wildman–Crippen LogP) is -1.00. The van der Waals surface area contributed by atoms with Gasteiger partial charge < -0.3 is 10.2 Å². The third-order valence-electron chi connectivity index (χ3n) is 2.08. The van der Waals surface area contributed by atoms with Crippen molar-refractivity contribution in [3.63, 3.8) is 0 Å². The second kappa shape index (κ2) is 6.79. The summed E-state index contributed by atoms with van der Waals surface area (Å²) in [5.41, 5.74) is 0. The summed E-state index contributed by atoms with van der Waals surface area (Å²) in [5, 5.41) is 17.3. The van der Waals surface area contributed by atoms with Crippen molar-refractivity contribution in [2.24, 2.45) is 0 Å². The molecule has 1 unspecified atom stereocenters. The Balaban J connectivity index is 4.36. The van der Waals surface area contributed by atoms with Crippen LogP contribution in [0.3, 0.4) is 0 Å². The van der Waals surface area contributed by atoms with Crippen molar-refractivity contribution in [1.82, 2.24) is 9.03 Å². The van der Waals surface area contributed by atoms with Gasteiger partial charge in [0.2, 0.25) is 0 Å². The van der Waals surface area contributed by atoms with E-state index < -0.39 is 22.2 Å². The largest absolute Gasteiger partial charge is 0.481 e. The molecule has 0 aromatic carbocycles. The van der Waals surface area contributed by atoms with Crippen molar-refractivity contribution >= 4 is 16.2 Å². The standard InChI is InChI=1S/C8H18N2O5S/c1-3-7(6-11)9-16(14,15)10(2)5-4-8(12)13/h7,9,11H,3-6H2,1-2H3,(H,12,13). The Morgan fingerprint density at radius 1 is 1.50 bits per heavy atom. The first-order valence-corrected chi connectivity index (χ1v) is 6.33. The van der Waals surface area contributed by atoms with Crippen LogP contribution in [0.4, 0.5) is 0 Å². The molecule has 16 heavy (non-hydrogen) atoms. The normalized spacial score (nSPS) is 14.0. The fraction of sp³-hybridized carbons (Fsp3) is 0.875. The van der Waals surface area contributed by atoms with E-state index in [1.807, 2.05) is 0 Å². The molecule has 1 atom stereocenters. The lowest BCUT2D eigenvalue weighted by molar-refractivity contribution is -0.137. The van der Waals surface area contributed by atoms with E-state index in [1.54, 1.807) is 6.92 Å². The molecule has 0 spiro atoms. The quantitative estimate of drug-likeness (QED) is 0.515. The molecule has 0 fully saturated rings. The van der Waals surface area contributed by atoms with Gasteiger partial charge in [-0.2, -0.15) is 17.4 Å². The van der Waals surface area contributed by atoms with Gasteiger partial charge in [-0.05, 0) is 6.42 Å². The van der Waals surface area contributed by atoms with Crippen molar-refractivity contribution in [1.29, 1.82) is 0 Å². The Bertz CT molecular complexity index is 312. The highest BCUT2D eigenvalue weighted by Crippen LogP contribution is 1.99. The Hall–Kier alpha value is -0.700. The zero-order valence-electron chi connectivity index (χ0n) is 9.38. The minimum atomic E-state index is -3.72. The zero-order valence-corrected chi connectivity index (χ0v) is 10.2. The van der Waals surface area contributed by atoms with E-state index in [2.05, 4.69) is 4.72 Å². The van der Waals surface area contributed by atoms with Crippen LogP contribution in [-0.4, -0.2) is 55.1 Å². The molecule has 0 heterocycles. The van der Waals surface area contributed by atoms with Crippen LogP contribution in [0.15, 0.2) is 0 Å². The van der Waals surface area contributed by atoms with Gasteiger partial charge in [0.05, 0.1) is 13.0 Å². The molecular weight excluding hydrogens is 236 g/mol. The number of rotatable bonds is 8. The van der Waals surface area contributed by atoms with Crippen molar-refractivity contribution in [3.05, 3.63) is 0 Å². The summed E-state index contributed by atoms with van der Waals surface area (Å²) in [5.74, 6) is -1.06. The average Bonchev–Trinajstić information content (AvgIpc) is 2.22. The summed E-state index contributed by atoms with van der Waals surface area (Å²) in [7, 11) is -2.43. The lowest BCUT2D eigenvalue weighted by Crippen LogP contribution is -2.45. The van der Waals surface area contributed by atoms with E-state index in [1.165, 1.54) is 7.05 Å². The molecule has 0 radical (unpaired) electrons. The van der Waals surface area contributed by atoms with Crippen LogP contribution < -0.4 is 4.72 Å². The first-order valence-electron chi connectivity index (χ1n) is 4.89. The van der Waals surface area contributed by atoms with E-state index >= 15 is 0 Å². The monoisotopic (exact) mass is 254 g/mol. The van der Waals surface area contributed by atoms with Gasteiger partial charge in [0.1, 0.15) is 0 Å². The van der Waals surface area contributed by atoms with Crippen molar-refractivity contribution in [2.45, 2.75) is 25.8 Å². The highest BCUT2D eigenvalue weighted by Gasteiger charge is 2.21. The molecule has 0 aliphatic heterocycles. The van der Waals surface area contributed by atoms with Gasteiger partial charge in [0.15, 0.2) is 0 Å². The predicted molar refractivity (Wildman–Crippen MR) is 58.1 cm³/mol. The lowest BCUT2D eigenvalue weighted by atomic mass is 10.3. The van der Waals surface area contributed by atoms with Crippen LogP contribution in [0.5, 0.6) is 0 Å². The molecular formula is C8H18N2O5S. The molecule has 0 aliphatic rings. The summed E-state index contributed by atoms with van der Waals surface area (Å²) in [6, 6.07) is -0.544. The summed E-state index contributed by atoms with van der Waals surface area (Å²) in [6.45, 7) is 1.34. The first kappa shape index (κ1) is 15.3. The lowest BCUT2D eigenvalue weighted by Gasteiger charge is -2.20. The topological polar surface area (TPSA) is 107 Å². The summed E-state index contributed by atoms with van der Waals surface area (Å²) >= 11 is 0. The van der Waals surface area contributed by atoms with Crippen LogP contribution in [0, 0.1) is 0 Å².